The Morgan fingerprint density at radius 2 is 1.62 bits per heavy atom. The van der Waals surface area contributed by atoms with E-state index >= 15 is 0 Å². The number of aromatic nitrogens is 1. The molecule has 2 amide bonds. The van der Waals surface area contributed by atoms with Crippen LogP contribution in [0.3, 0.4) is 0 Å². The second kappa shape index (κ2) is 9.82. The van der Waals surface area contributed by atoms with Crippen LogP contribution in [0.15, 0.2) is 42.6 Å². The third-order valence-electron chi connectivity index (χ3n) is 6.07. The summed E-state index contributed by atoms with van der Waals surface area (Å²) in [6.07, 6.45) is 1.83. The number of nitro groups is 1. The number of likely N-dealkylation sites (N-methyl/N-ethyl adjacent to an activating group) is 1. The van der Waals surface area contributed by atoms with Crippen LogP contribution in [0.2, 0.25) is 0 Å². The van der Waals surface area contributed by atoms with Gasteiger partial charge in [0.15, 0.2) is 0 Å². The molecule has 2 saturated heterocycles. The van der Waals surface area contributed by atoms with Crippen molar-refractivity contribution in [1.29, 1.82) is 0 Å². The zero-order chi connectivity index (χ0) is 22.5. The number of hydrogen-bond acceptors (Lipinski definition) is 7. The fourth-order valence-electron chi connectivity index (χ4n) is 3.99. The summed E-state index contributed by atoms with van der Waals surface area (Å²) >= 11 is 0. The normalized spacial score (nSPS) is 17.3. The van der Waals surface area contributed by atoms with Crippen LogP contribution in [0.1, 0.15) is 5.56 Å². The summed E-state index contributed by atoms with van der Waals surface area (Å²) in [6.45, 7) is 7.05. The smallest absolute Gasteiger partial charge is 0.317 e. The molecule has 0 aliphatic carbocycles. The van der Waals surface area contributed by atoms with Gasteiger partial charge in [0.05, 0.1) is 4.92 Å². The fourth-order valence-corrected chi connectivity index (χ4v) is 3.99. The topological polar surface area (TPSA) is 98.1 Å². The van der Waals surface area contributed by atoms with Crippen molar-refractivity contribution in [3.63, 3.8) is 0 Å². The van der Waals surface area contributed by atoms with Crippen LogP contribution in [-0.4, -0.2) is 85.1 Å². The van der Waals surface area contributed by atoms with Crippen molar-refractivity contribution < 1.29 is 9.72 Å². The number of pyridine rings is 1. The predicted molar refractivity (Wildman–Crippen MR) is 123 cm³/mol. The van der Waals surface area contributed by atoms with Gasteiger partial charge in [-0.2, -0.15) is 0 Å². The van der Waals surface area contributed by atoms with Crippen molar-refractivity contribution in [3.8, 4) is 0 Å². The van der Waals surface area contributed by atoms with Gasteiger partial charge in [0.25, 0.3) is 5.69 Å². The van der Waals surface area contributed by atoms with Crippen LogP contribution in [-0.2, 0) is 6.54 Å². The van der Waals surface area contributed by atoms with Crippen molar-refractivity contribution in [2.24, 2.45) is 0 Å². The molecule has 2 aliphatic rings. The van der Waals surface area contributed by atoms with E-state index in [1.54, 1.807) is 17.0 Å². The Kier molecular flexibility index (Phi) is 6.69. The first-order valence-corrected chi connectivity index (χ1v) is 10.9. The van der Waals surface area contributed by atoms with Crippen LogP contribution in [0.5, 0.6) is 0 Å². The molecule has 0 bridgehead atoms. The van der Waals surface area contributed by atoms with Gasteiger partial charge >= 0.3 is 6.03 Å². The summed E-state index contributed by atoms with van der Waals surface area (Å²) in [4.78, 5) is 36.1. The lowest BCUT2D eigenvalue weighted by atomic mass is 10.2. The predicted octanol–water partition coefficient (Wildman–Crippen LogP) is 1.77. The molecule has 3 heterocycles. The Balaban J connectivity index is 1.22. The number of non-ortho nitro benzene ring substituents is 1. The molecule has 2 aromatic rings. The molecular weight excluding hydrogens is 410 g/mol. The molecule has 0 radical (unpaired) electrons. The number of rotatable bonds is 5. The minimum Gasteiger partial charge on any atom is -0.368 e. The number of nitro benzene ring substituents is 1. The van der Waals surface area contributed by atoms with E-state index < -0.39 is 4.92 Å². The van der Waals surface area contributed by atoms with Crippen molar-refractivity contribution in [2.45, 2.75) is 6.54 Å². The van der Waals surface area contributed by atoms with E-state index in [-0.39, 0.29) is 11.7 Å². The number of urea groups is 1. The Bertz CT molecular complexity index is 920. The van der Waals surface area contributed by atoms with Gasteiger partial charge in [0, 0.05) is 82.9 Å². The molecule has 2 fully saturated rings. The molecule has 0 unspecified atom stereocenters. The van der Waals surface area contributed by atoms with Crippen LogP contribution in [0.25, 0.3) is 0 Å². The highest BCUT2D eigenvalue weighted by Gasteiger charge is 2.22. The van der Waals surface area contributed by atoms with E-state index in [0.717, 1.165) is 43.2 Å². The molecule has 32 heavy (non-hydrogen) atoms. The third-order valence-corrected chi connectivity index (χ3v) is 6.07. The van der Waals surface area contributed by atoms with E-state index in [1.807, 2.05) is 18.3 Å². The fraction of sp³-hybridized carbons (Fsp3) is 0.455. The standard InChI is InChI=1S/C22H29N7O3/c1-25-8-10-27(11-9-25)21-7-2-18(16-23-21)17-24-22(30)28-14-12-26(13-15-28)19-3-5-20(6-4-19)29(31)32/h2-7,16H,8-15,17H2,1H3,(H,24,30). The van der Waals surface area contributed by atoms with Crippen molar-refractivity contribution in [2.75, 3.05) is 69.2 Å². The highest BCUT2D eigenvalue weighted by Crippen LogP contribution is 2.20. The lowest BCUT2D eigenvalue weighted by Crippen LogP contribution is -2.51. The molecule has 1 aromatic heterocycles. The van der Waals surface area contributed by atoms with E-state index in [0.29, 0.717) is 32.7 Å². The van der Waals surface area contributed by atoms with Gasteiger partial charge in [0.2, 0.25) is 0 Å². The van der Waals surface area contributed by atoms with E-state index in [9.17, 15) is 14.9 Å². The second-order valence-electron chi connectivity index (χ2n) is 8.22. The molecule has 4 rings (SSSR count). The molecule has 2 aliphatic heterocycles. The highest BCUT2D eigenvalue weighted by molar-refractivity contribution is 5.74. The maximum Gasteiger partial charge on any atom is 0.317 e. The number of hydrogen-bond donors (Lipinski definition) is 1. The number of piperazine rings is 2. The average Bonchev–Trinajstić information content (AvgIpc) is 2.83. The summed E-state index contributed by atoms with van der Waals surface area (Å²) in [5, 5.41) is 13.8. The largest absolute Gasteiger partial charge is 0.368 e. The Labute approximate surface area is 187 Å². The first kappa shape index (κ1) is 21.8. The minimum atomic E-state index is -0.401. The molecule has 170 valence electrons. The zero-order valence-electron chi connectivity index (χ0n) is 18.3. The lowest BCUT2D eigenvalue weighted by Gasteiger charge is -2.36. The van der Waals surface area contributed by atoms with Gasteiger partial charge < -0.3 is 24.9 Å². The van der Waals surface area contributed by atoms with Crippen LogP contribution in [0, 0.1) is 10.1 Å². The number of benzene rings is 1. The summed E-state index contributed by atoms with van der Waals surface area (Å²) in [7, 11) is 2.13. The van der Waals surface area contributed by atoms with E-state index in [1.165, 1.54) is 12.1 Å². The number of nitrogens with zero attached hydrogens (tertiary/aromatic N) is 6. The summed E-state index contributed by atoms with van der Waals surface area (Å²) in [6, 6.07) is 10.5. The molecule has 10 heteroatoms. The number of carbonyl (C=O) groups excluding carboxylic acids is 1. The van der Waals surface area contributed by atoms with Crippen LogP contribution >= 0.6 is 0 Å². The van der Waals surface area contributed by atoms with Gasteiger partial charge in [-0.1, -0.05) is 6.07 Å². The van der Waals surface area contributed by atoms with Crippen LogP contribution < -0.4 is 15.1 Å². The summed E-state index contributed by atoms with van der Waals surface area (Å²) in [5.74, 6) is 0.982. The van der Waals surface area contributed by atoms with Gasteiger partial charge in [-0.15, -0.1) is 0 Å². The molecule has 0 saturated carbocycles. The van der Waals surface area contributed by atoms with Gasteiger partial charge in [0.1, 0.15) is 5.82 Å². The zero-order valence-corrected chi connectivity index (χ0v) is 18.3. The molecule has 1 N–H and O–H groups in total. The molecular formula is C22H29N7O3. The number of carbonyl (C=O) groups is 1. The maximum atomic E-state index is 12.6. The van der Waals surface area contributed by atoms with Crippen molar-refractivity contribution in [3.05, 3.63) is 58.3 Å². The Hall–Kier alpha value is -3.40. The maximum absolute atomic E-state index is 12.6. The molecule has 0 atom stereocenters. The second-order valence-corrected chi connectivity index (χ2v) is 8.22. The SMILES string of the molecule is CN1CCN(c2ccc(CNC(=O)N3CCN(c4ccc([N+](=O)[O-])cc4)CC3)cn2)CC1. The lowest BCUT2D eigenvalue weighted by molar-refractivity contribution is -0.384. The summed E-state index contributed by atoms with van der Waals surface area (Å²) < 4.78 is 0. The third kappa shape index (κ3) is 5.25. The molecule has 0 spiro atoms. The highest BCUT2D eigenvalue weighted by atomic mass is 16.6. The number of nitrogens with one attached hydrogen (secondary N) is 1. The van der Waals surface area contributed by atoms with Crippen molar-refractivity contribution >= 4 is 23.2 Å². The van der Waals surface area contributed by atoms with Gasteiger partial charge in [-0.25, -0.2) is 9.78 Å². The number of anilines is 2. The Morgan fingerprint density at radius 1 is 0.969 bits per heavy atom. The van der Waals surface area contributed by atoms with Gasteiger partial charge in [-0.3, -0.25) is 10.1 Å². The van der Waals surface area contributed by atoms with Gasteiger partial charge in [-0.05, 0) is 30.8 Å². The van der Waals surface area contributed by atoms with Crippen LogP contribution in [0.4, 0.5) is 22.0 Å². The first-order chi connectivity index (χ1) is 15.5. The Morgan fingerprint density at radius 3 is 2.22 bits per heavy atom. The van der Waals surface area contributed by atoms with E-state index in [2.05, 4.69) is 32.0 Å². The van der Waals surface area contributed by atoms with E-state index in [4.69, 9.17) is 0 Å². The summed E-state index contributed by atoms with van der Waals surface area (Å²) in [5.41, 5.74) is 1.99. The van der Waals surface area contributed by atoms with Crippen molar-refractivity contribution in [1.82, 2.24) is 20.1 Å². The average molecular weight is 440 g/mol. The first-order valence-electron chi connectivity index (χ1n) is 10.9. The number of amides is 2. The molecule has 10 nitrogen and oxygen atoms in total. The monoisotopic (exact) mass is 439 g/mol. The minimum absolute atomic E-state index is 0.0813. The quantitative estimate of drug-likeness (QED) is 0.560. The molecule has 1 aromatic carbocycles.